The molecule has 0 radical (unpaired) electrons. The van der Waals surface area contributed by atoms with Gasteiger partial charge < -0.3 is 0 Å². The van der Waals surface area contributed by atoms with E-state index in [1.54, 1.807) is 17.4 Å². The van der Waals surface area contributed by atoms with Gasteiger partial charge in [-0.05, 0) is 29.7 Å². The normalized spacial score (nSPS) is 11.1. The number of hydrogen-bond donors (Lipinski definition) is 1. The first kappa shape index (κ1) is 14.5. The summed E-state index contributed by atoms with van der Waals surface area (Å²) < 4.78 is 0.725. The Morgan fingerprint density at radius 3 is 2.90 bits per heavy atom. The summed E-state index contributed by atoms with van der Waals surface area (Å²) in [7, 11) is 0. The Hall–Kier alpha value is -1.47. The van der Waals surface area contributed by atoms with Crippen molar-refractivity contribution in [1.29, 1.82) is 0 Å². The molecule has 3 aromatic heterocycles. The Morgan fingerprint density at radius 1 is 1.29 bits per heavy atom. The molecule has 7 heteroatoms. The predicted molar refractivity (Wildman–Crippen MR) is 92.4 cm³/mol. The first-order valence-corrected chi connectivity index (χ1v) is 8.90. The fourth-order valence-electron chi connectivity index (χ4n) is 1.59. The number of hydrogen-bond acceptors (Lipinski definition) is 5. The third-order valence-electron chi connectivity index (χ3n) is 2.50. The smallest absolute Gasteiger partial charge is 0.250 e. The van der Waals surface area contributed by atoms with Gasteiger partial charge in [-0.2, -0.15) is 0 Å². The first-order chi connectivity index (χ1) is 10.2. The third-order valence-corrected chi connectivity index (χ3v) is 5.35. The van der Waals surface area contributed by atoms with E-state index in [1.165, 1.54) is 28.7 Å². The fraction of sp³-hybridized carbons (Fsp3) is 0. The summed E-state index contributed by atoms with van der Waals surface area (Å²) in [5, 5.41) is 7.21. The van der Waals surface area contributed by atoms with Crippen molar-refractivity contribution in [2.24, 2.45) is 0 Å². The second kappa shape index (κ2) is 6.53. The van der Waals surface area contributed by atoms with Crippen LogP contribution in [0.5, 0.6) is 0 Å². The van der Waals surface area contributed by atoms with Crippen LogP contribution in [-0.2, 0) is 4.79 Å². The summed E-state index contributed by atoms with van der Waals surface area (Å²) in [6, 6.07) is 7.66. The molecule has 0 aliphatic rings. The molecule has 0 saturated heterocycles. The average molecular weight is 353 g/mol. The van der Waals surface area contributed by atoms with Crippen molar-refractivity contribution in [3.63, 3.8) is 0 Å². The van der Waals surface area contributed by atoms with Crippen molar-refractivity contribution in [3.8, 4) is 10.6 Å². The summed E-state index contributed by atoms with van der Waals surface area (Å²) >= 11 is 10.4. The van der Waals surface area contributed by atoms with E-state index in [1.807, 2.05) is 35.0 Å². The predicted octanol–water partition coefficient (Wildman–Crippen LogP) is 5.24. The molecule has 3 rings (SSSR count). The van der Waals surface area contributed by atoms with Gasteiger partial charge in [0.15, 0.2) is 5.13 Å². The molecule has 0 aliphatic heterocycles. The highest BCUT2D eigenvalue weighted by Crippen LogP contribution is 2.32. The monoisotopic (exact) mass is 352 g/mol. The van der Waals surface area contributed by atoms with Gasteiger partial charge in [0.25, 0.3) is 0 Å². The van der Waals surface area contributed by atoms with Crippen molar-refractivity contribution in [3.05, 3.63) is 50.3 Å². The lowest BCUT2D eigenvalue weighted by molar-refractivity contribution is -0.111. The number of halogens is 1. The quantitative estimate of drug-likeness (QED) is 0.652. The summed E-state index contributed by atoms with van der Waals surface area (Å²) in [4.78, 5) is 18.2. The minimum absolute atomic E-state index is 0.187. The van der Waals surface area contributed by atoms with Gasteiger partial charge in [0.1, 0.15) is 0 Å². The number of anilines is 1. The zero-order valence-electron chi connectivity index (χ0n) is 10.6. The maximum atomic E-state index is 11.8. The van der Waals surface area contributed by atoms with Crippen LogP contribution >= 0.6 is 45.6 Å². The summed E-state index contributed by atoms with van der Waals surface area (Å²) in [6.07, 6.45) is 3.29. The Morgan fingerprint density at radius 2 is 2.19 bits per heavy atom. The number of thiophene rings is 2. The zero-order valence-corrected chi connectivity index (χ0v) is 13.8. The van der Waals surface area contributed by atoms with E-state index in [-0.39, 0.29) is 5.91 Å². The summed E-state index contributed by atoms with van der Waals surface area (Å²) in [5.74, 6) is -0.187. The first-order valence-electron chi connectivity index (χ1n) is 5.94. The molecule has 3 aromatic rings. The van der Waals surface area contributed by atoms with Crippen LogP contribution in [0.25, 0.3) is 16.6 Å². The van der Waals surface area contributed by atoms with Crippen molar-refractivity contribution in [1.82, 2.24) is 4.98 Å². The number of carbonyl (C=O) groups is 1. The highest BCUT2D eigenvalue weighted by Gasteiger charge is 2.08. The van der Waals surface area contributed by atoms with Crippen molar-refractivity contribution in [2.45, 2.75) is 0 Å². The molecule has 3 nitrogen and oxygen atoms in total. The van der Waals surface area contributed by atoms with E-state index in [2.05, 4.69) is 10.3 Å². The number of aromatic nitrogens is 1. The Kier molecular flexibility index (Phi) is 4.50. The van der Waals surface area contributed by atoms with E-state index >= 15 is 0 Å². The minimum Gasteiger partial charge on any atom is -0.298 e. The molecule has 106 valence electrons. The molecule has 21 heavy (non-hydrogen) atoms. The van der Waals surface area contributed by atoms with Crippen LogP contribution in [0.1, 0.15) is 4.88 Å². The standard InChI is InChI=1S/C14H9ClN2OS3/c15-12-5-4-11(21-12)10-8-20-14(16-10)17-13(18)6-3-9-2-1-7-19-9/h1-8H,(H,16,17,18). The average Bonchev–Trinajstić information content (AvgIpc) is 3.17. The van der Waals surface area contributed by atoms with Gasteiger partial charge in [0, 0.05) is 16.3 Å². The van der Waals surface area contributed by atoms with Gasteiger partial charge in [-0.1, -0.05) is 17.7 Å². The van der Waals surface area contributed by atoms with E-state index < -0.39 is 0 Å². The highest BCUT2D eigenvalue weighted by atomic mass is 35.5. The van der Waals surface area contributed by atoms with E-state index in [4.69, 9.17) is 11.6 Å². The molecule has 0 unspecified atom stereocenters. The second-order valence-corrected chi connectivity index (χ2v) is 7.53. The number of nitrogens with zero attached hydrogens (tertiary/aromatic N) is 1. The van der Waals surface area contributed by atoms with Gasteiger partial charge in [-0.25, -0.2) is 4.98 Å². The Labute approximate surface area is 138 Å². The number of nitrogens with one attached hydrogen (secondary N) is 1. The van der Waals surface area contributed by atoms with Crippen LogP contribution in [0.2, 0.25) is 4.34 Å². The highest BCUT2D eigenvalue weighted by molar-refractivity contribution is 7.20. The Bertz CT molecular complexity index is 774. The molecular formula is C14H9ClN2OS3. The molecule has 0 aliphatic carbocycles. The fourth-order valence-corrected chi connectivity index (χ4v) is 4.00. The maximum Gasteiger partial charge on any atom is 0.250 e. The molecule has 3 heterocycles. The van der Waals surface area contributed by atoms with E-state index in [0.717, 1.165) is 19.8 Å². The molecule has 0 fully saturated rings. The lowest BCUT2D eigenvalue weighted by atomic mass is 10.4. The molecule has 0 atom stereocenters. The topological polar surface area (TPSA) is 42.0 Å². The van der Waals surface area contributed by atoms with Gasteiger partial charge in [-0.3, -0.25) is 10.1 Å². The zero-order chi connectivity index (χ0) is 14.7. The minimum atomic E-state index is -0.187. The third kappa shape index (κ3) is 3.79. The van der Waals surface area contributed by atoms with Crippen molar-refractivity contribution in [2.75, 3.05) is 5.32 Å². The van der Waals surface area contributed by atoms with E-state index in [9.17, 15) is 4.79 Å². The summed E-state index contributed by atoms with van der Waals surface area (Å²) in [5.41, 5.74) is 0.828. The van der Waals surface area contributed by atoms with Gasteiger partial charge in [0.2, 0.25) is 5.91 Å². The summed E-state index contributed by atoms with van der Waals surface area (Å²) in [6.45, 7) is 0. The number of rotatable bonds is 4. The maximum absolute atomic E-state index is 11.8. The van der Waals surface area contributed by atoms with Crippen LogP contribution in [0.15, 0.2) is 41.1 Å². The van der Waals surface area contributed by atoms with E-state index in [0.29, 0.717) is 5.13 Å². The molecule has 0 saturated carbocycles. The van der Waals surface area contributed by atoms with Crippen LogP contribution in [0.4, 0.5) is 5.13 Å². The number of thiazole rings is 1. The van der Waals surface area contributed by atoms with Gasteiger partial charge in [0.05, 0.1) is 14.9 Å². The second-order valence-electron chi connectivity index (χ2n) is 3.98. The van der Waals surface area contributed by atoms with Crippen LogP contribution in [-0.4, -0.2) is 10.9 Å². The van der Waals surface area contributed by atoms with Gasteiger partial charge >= 0.3 is 0 Å². The Balaban J connectivity index is 1.65. The molecule has 1 amide bonds. The molecule has 0 spiro atoms. The van der Waals surface area contributed by atoms with Crippen molar-refractivity contribution >= 4 is 62.7 Å². The van der Waals surface area contributed by atoms with Gasteiger partial charge in [-0.15, -0.1) is 34.0 Å². The largest absolute Gasteiger partial charge is 0.298 e. The molecule has 1 N–H and O–H groups in total. The van der Waals surface area contributed by atoms with Crippen molar-refractivity contribution < 1.29 is 4.79 Å². The molecule has 0 aromatic carbocycles. The number of amides is 1. The molecular weight excluding hydrogens is 344 g/mol. The van der Waals surface area contributed by atoms with Crippen LogP contribution in [0, 0.1) is 0 Å². The van der Waals surface area contributed by atoms with Crippen LogP contribution in [0.3, 0.4) is 0 Å². The lowest BCUT2D eigenvalue weighted by Crippen LogP contribution is -2.07. The van der Waals surface area contributed by atoms with Crippen LogP contribution < -0.4 is 5.32 Å². The number of carbonyl (C=O) groups excluding carboxylic acids is 1. The SMILES string of the molecule is O=C(C=Cc1cccs1)Nc1nc(-c2ccc(Cl)s2)cs1. The lowest BCUT2D eigenvalue weighted by Gasteiger charge is -1.95. The molecule has 0 bridgehead atoms.